The van der Waals surface area contributed by atoms with Gasteiger partial charge in [0.05, 0.1) is 12.7 Å². The Kier molecular flexibility index (Phi) is 3.99. The van der Waals surface area contributed by atoms with Gasteiger partial charge in [0.15, 0.2) is 0 Å². The largest absolute Gasteiger partial charge is 0.316 e. The summed E-state index contributed by atoms with van der Waals surface area (Å²) in [5.74, 6) is -0.283. The molecule has 0 aliphatic carbocycles. The third-order valence-electron chi connectivity index (χ3n) is 2.90. The highest BCUT2D eigenvalue weighted by atomic mass is 35.5. The lowest BCUT2D eigenvalue weighted by molar-refractivity contribution is 0.616. The van der Waals surface area contributed by atoms with Crippen LogP contribution in [-0.4, -0.2) is 16.8 Å². The van der Waals surface area contributed by atoms with Crippen LogP contribution in [-0.2, 0) is 13.1 Å². The Morgan fingerprint density at radius 3 is 2.89 bits per heavy atom. The van der Waals surface area contributed by atoms with Crippen molar-refractivity contribution in [3.63, 3.8) is 0 Å². The second-order valence-electron chi connectivity index (χ2n) is 4.18. The van der Waals surface area contributed by atoms with E-state index in [1.54, 1.807) is 6.07 Å². The van der Waals surface area contributed by atoms with Gasteiger partial charge in [-0.1, -0.05) is 11.6 Å². The van der Waals surface area contributed by atoms with Crippen LogP contribution in [0.5, 0.6) is 0 Å². The SMILES string of the molecule is CNCc1cnn(Cc2cc(F)ccc2Cl)c1C. The zero-order valence-corrected chi connectivity index (χ0v) is 11.1. The molecule has 1 aromatic carbocycles. The van der Waals surface area contributed by atoms with Crippen molar-refractivity contribution in [1.29, 1.82) is 0 Å². The number of halogens is 2. The molecule has 0 spiro atoms. The Hall–Kier alpha value is -1.39. The van der Waals surface area contributed by atoms with Crippen LogP contribution in [0.1, 0.15) is 16.8 Å². The Morgan fingerprint density at radius 1 is 1.39 bits per heavy atom. The van der Waals surface area contributed by atoms with E-state index in [9.17, 15) is 4.39 Å². The van der Waals surface area contributed by atoms with E-state index in [1.165, 1.54) is 12.1 Å². The molecule has 0 saturated heterocycles. The van der Waals surface area contributed by atoms with Crippen molar-refractivity contribution in [1.82, 2.24) is 15.1 Å². The number of hydrogen-bond donors (Lipinski definition) is 1. The Labute approximate surface area is 111 Å². The molecule has 96 valence electrons. The second kappa shape index (κ2) is 5.50. The van der Waals surface area contributed by atoms with Crippen molar-refractivity contribution >= 4 is 11.6 Å². The molecule has 0 atom stereocenters. The van der Waals surface area contributed by atoms with Crippen LogP contribution in [0.15, 0.2) is 24.4 Å². The van der Waals surface area contributed by atoms with E-state index in [-0.39, 0.29) is 5.82 Å². The maximum absolute atomic E-state index is 13.2. The Morgan fingerprint density at radius 2 is 2.17 bits per heavy atom. The van der Waals surface area contributed by atoms with Crippen LogP contribution in [0.4, 0.5) is 4.39 Å². The molecule has 0 aliphatic heterocycles. The smallest absolute Gasteiger partial charge is 0.123 e. The van der Waals surface area contributed by atoms with E-state index in [0.29, 0.717) is 11.6 Å². The molecule has 0 radical (unpaired) electrons. The monoisotopic (exact) mass is 267 g/mol. The highest BCUT2D eigenvalue weighted by Gasteiger charge is 2.08. The molecule has 1 aromatic heterocycles. The third-order valence-corrected chi connectivity index (χ3v) is 3.27. The van der Waals surface area contributed by atoms with Crippen molar-refractivity contribution in [3.05, 3.63) is 52.1 Å². The van der Waals surface area contributed by atoms with Gasteiger partial charge in [-0.25, -0.2) is 4.39 Å². The zero-order valence-electron chi connectivity index (χ0n) is 10.4. The van der Waals surface area contributed by atoms with Gasteiger partial charge in [0.25, 0.3) is 0 Å². The summed E-state index contributed by atoms with van der Waals surface area (Å²) in [6, 6.07) is 4.37. The van der Waals surface area contributed by atoms with Gasteiger partial charge in [-0.05, 0) is 37.7 Å². The van der Waals surface area contributed by atoms with Gasteiger partial charge in [0.1, 0.15) is 5.82 Å². The van der Waals surface area contributed by atoms with E-state index in [4.69, 9.17) is 11.6 Å². The first kappa shape index (κ1) is 13.1. The molecule has 1 heterocycles. The summed E-state index contributed by atoms with van der Waals surface area (Å²) in [4.78, 5) is 0. The summed E-state index contributed by atoms with van der Waals surface area (Å²) in [5, 5.41) is 7.94. The third kappa shape index (κ3) is 2.71. The molecular weight excluding hydrogens is 253 g/mol. The fourth-order valence-corrected chi connectivity index (χ4v) is 2.01. The number of hydrogen-bond acceptors (Lipinski definition) is 2. The van der Waals surface area contributed by atoms with Crippen LogP contribution in [0.2, 0.25) is 5.02 Å². The van der Waals surface area contributed by atoms with Gasteiger partial charge in [-0.3, -0.25) is 4.68 Å². The lowest BCUT2D eigenvalue weighted by atomic mass is 10.2. The summed E-state index contributed by atoms with van der Waals surface area (Å²) >= 11 is 6.05. The average Bonchev–Trinajstić information content (AvgIpc) is 2.67. The van der Waals surface area contributed by atoms with Crippen molar-refractivity contribution in [3.8, 4) is 0 Å². The summed E-state index contributed by atoms with van der Waals surface area (Å²) in [6.07, 6.45) is 1.82. The average molecular weight is 268 g/mol. The van der Waals surface area contributed by atoms with Crippen LogP contribution in [0, 0.1) is 12.7 Å². The number of benzene rings is 1. The molecule has 0 unspecified atom stereocenters. The first-order chi connectivity index (χ1) is 8.61. The number of nitrogens with one attached hydrogen (secondary N) is 1. The second-order valence-corrected chi connectivity index (χ2v) is 4.59. The van der Waals surface area contributed by atoms with E-state index in [0.717, 1.165) is 23.4 Å². The first-order valence-electron chi connectivity index (χ1n) is 5.71. The van der Waals surface area contributed by atoms with Crippen molar-refractivity contribution < 1.29 is 4.39 Å². The van der Waals surface area contributed by atoms with E-state index in [1.807, 2.05) is 24.9 Å². The maximum Gasteiger partial charge on any atom is 0.123 e. The topological polar surface area (TPSA) is 29.9 Å². The predicted molar refractivity (Wildman–Crippen MR) is 70.2 cm³/mol. The van der Waals surface area contributed by atoms with E-state index in [2.05, 4.69) is 10.4 Å². The molecule has 18 heavy (non-hydrogen) atoms. The van der Waals surface area contributed by atoms with Gasteiger partial charge in [-0.15, -0.1) is 0 Å². The number of nitrogens with zero attached hydrogens (tertiary/aromatic N) is 2. The number of rotatable bonds is 4. The van der Waals surface area contributed by atoms with Crippen LogP contribution < -0.4 is 5.32 Å². The van der Waals surface area contributed by atoms with E-state index >= 15 is 0 Å². The fourth-order valence-electron chi connectivity index (χ4n) is 1.83. The molecule has 2 aromatic rings. The lowest BCUT2D eigenvalue weighted by Gasteiger charge is -2.07. The molecule has 2 rings (SSSR count). The number of aromatic nitrogens is 2. The molecular formula is C13H15ClFN3. The summed E-state index contributed by atoms with van der Waals surface area (Å²) in [7, 11) is 1.89. The predicted octanol–water partition coefficient (Wildman–Crippen LogP) is 2.75. The van der Waals surface area contributed by atoms with Crippen molar-refractivity contribution in [2.24, 2.45) is 0 Å². The zero-order chi connectivity index (χ0) is 13.1. The normalized spacial score (nSPS) is 10.9. The minimum absolute atomic E-state index is 0.283. The van der Waals surface area contributed by atoms with Crippen LogP contribution >= 0.6 is 11.6 Å². The standard InChI is InChI=1S/C13H15ClFN3/c1-9-11(6-16-2)7-17-18(9)8-10-5-12(15)3-4-13(10)14/h3-5,7,16H,6,8H2,1-2H3. The van der Waals surface area contributed by atoms with Crippen molar-refractivity contribution in [2.75, 3.05) is 7.05 Å². The molecule has 0 saturated carbocycles. The summed E-state index contributed by atoms with van der Waals surface area (Å²) in [5.41, 5.74) is 2.92. The molecule has 5 heteroatoms. The highest BCUT2D eigenvalue weighted by molar-refractivity contribution is 6.31. The quantitative estimate of drug-likeness (QED) is 0.923. The molecule has 1 N–H and O–H groups in total. The Balaban J connectivity index is 2.26. The van der Waals surface area contributed by atoms with Gasteiger partial charge in [-0.2, -0.15) is 5.10 Å². The maximum atomic E-state index is 13.2. The van der Waals surface area contributed by atoms with Crippen molar-refractivity contribution in [2.45, 2.75) is 20.0 Å². The lowest BCUT2D eigenvalue weighted by Crippen LogP contribution is -2.08. The highest BCUT2D eigenvalue weighted by Crippen LogP contribution is 2.19. The van der Waals surface area contributed by atoms with Crippen LogP contribution in [0.3, 0.4) is 0 Å². The van der Waals surface area contributed by atoms with Gasteiger partial charge < -0.3 is 5.32 Å². The minimum Gasteiger partial charge on any atom is -0.316 e. The van der Waals surface area contributed by atoms with Gasteiger partial charge >= 0.3 is 0 Å². The van der Waals surface area contributed by atoms with Gasteiger partial charge in [0, 0.05) is 22.8 Å². The van der Waals surface area contributed by atoms with E-state index < -0.39 is 0 Å². The molecule has 0 bridgehead atoms. The molecule has 3 nitrogen and oxygen atoms in total. The van der Waals surface area contributed by atoms with Gasteiger partial charge in [0.2, 0.25) is 0 Å². The fraction of sp³-hybridized carbons (Fsp3) is 0.308. The first-order valence-corrected chi connectivity index (χ1v) is 6.09. The molecule has 0 aliphatic rings. The summed E-state index contributed by atoms with van der Waals surface area (Å²) in [6.45, 7) is 3.24. The minimum atomic E-state index is -0.283. The molecule has 0 fully saturated rings. The Bertz CT molecular complexity index is 551. The molecule has 0 amide bonds. The summed E-state index contributed by atoms with van der Waals surface area (Å²) < 4.78 is 15.0. The van der Waals surface area contributed by atoms with Crippen LogP contribution in [0.25, 0.3) is 0 Å².